The molecule has 1 aromatic carbocycles. The third kappa shape index (κ3) is 2.95. The largest absolute Gasteiger partial charge is 0.439 e. The smallest absolute Gasteiger partial charge is 0.224 e. The summed E-state index contributed by atoms with van der Waals surface area (Å²) in [7, 11) is 0. The van der Waals surface area contributed by atoms with Crippen LogP contribution in [0.5, 0.6) is 11.6 Å². The van der Waals surface area contributed by atoms with Gasteiger partial charge in [-0.05, 0) is 31.0 Å². The lowest BCUT2D eigenvalue weighted by Gasteiger charge is -2.07. The Morgan fingerprint density at radius 1 is 1.22 bits per heavy atom. The molecule has 0 spiro atoms. The van der Waals surface area contributed by atoms with Gasteiger partial charge in [-0.2, -0.15) is 4.98 Å². The van der Waals surface area contributed by atoms with Crippen molar-refractivity contribution in [3.05, 3.63) is 41.7 Å². The molecule has 2 aromatic rings. The number of nitrogens with two attached hydrogens (primary N) is 1. The normalized spacial score (nSPS) is 10.2. The Kier molecular flexibility index (Phi) is 3.74. The van der Waals surface area contributed by atoms with E-state index in [1.54, 1.807) is 13.0 Å². The van der Waals surface area contributed by atoms with Crippen LogP contribution in [-0.2, 0) is 6.42 Å². The third-order valence-corrected chi connectivity index (χ3v) is 2.52. The SMILES string of the molecule is CCc1ccc(Oc2cc(NN)nc(C)n2)cc1. The molecule has 0 bridgehead atoms. The molecule has 94 valence electrons. The number of anilines is 1. The molecule has 0 atom stereocenters. The molecule has 0 aliphatic heterocycles. The molecule has 1 heterocycles. The van der Waals surface area contributed by atoms with Crippen LogP contribution >= 0.6 is 0 Å². The lowest BCUT2D eigenvalue weighted by atomic mass is 10.2. The van der Waals surface area contributed by atoms with Crippen molar-refractivity contribution < 1.29 is 4.74 Å². The van der Waals surface area contributed by atoms with Crippen molar-refractivity contribution in [1.82, 2.24) is 9.97 Å². The minimum absolute atomic E-state index is 0.472. The van der Waals surface area contributed by atoms with E-state index in [1.165, 1.54) is 5.56 Å². The van der Waals surface area contributed by atoms with Crippen LogP contribution in [0.15, 0.2) is 30.3 Å². The molecule has 0 saturated carbocycles. The molecule has 0 saturated heterocycles. The molecule has 0 fully saturated rings. The van der Waals surface area contributed by atoms with Crippen LogP contribution in [0.2, 0.25) is 0 Å². The maximum atomic E-state index is 5.65. The van der Waals surface area contributed by atoms with Crippen molar-refractivity contribution in [2.24, 2.45) is 5.84 Å². The zero-order valence-corrected chi connectivity index (χ0v) is 10.5. The van der Waals surface area contributed by atoms with E-state index in [2.05, 4.69) is 22.3 Å². The van der Waals surface area contributed by atoms with Crippen LogP contribution in [0.1, 0.15) is 18.3 Å². The minimum Gasteiger partial charge on any atom is -0.439 e. The molecule has 0 aliphatic rings. The summed E-state index contributed by atoms with van der Waals surface area (Å²) in [5.74, 6) is 7.67. The summed E-state index contributed by atoms with van der Waals surface area (Å²) in [5, 5.41) is 0. The van der Waals surface area contributed by atoms with Gasteiger partial charge in [0, 0.05) is 6.07 Å². The second-order valence-electron chi connectivity index (χ2n) is 3.88. The highest BCUT2D eigenvalue weighted by molar-refractivity contribution is 5.39. The van der Waals surface area contributed by atoms with Crippen LogP contribution in [0.25, 0.3) is 0 Å². The first-order valence-electron chi connectivity index (χ1n) is 5.80. The van der Waals surface area contributed by atoms with Gasteiger partial charge < -0.3 is 10.2 Å². The lowest BCUT2D eigenvalue weighted by molar-refractivity contribution is 0.460. The number of ether oxygens (including phenoxy) is 1. The second kappa shape index (κ2) is 5.46. The predicted molar refractivity (Wildman–Crippen MR) is 70.5 cm³/mol. The molecule has 5 heteroatoms. The van der Waals surface area contributed by atoms with Crippen LogP contribution in [0.4, 0.5) is 5.82 Å². The summed E-state index contributed by atoms with van der Waals surface area (Å²) in [6.45, 7) is 3.90. The maximum Gasteiger partial charge on any atom is 0.224 e. The first-order valence-corrected chi connectivity index (χ1v) is 5.80. The van der Waals surface area contributed by atoms with E-state index < -0.39 is 0 Å². The van der Waals surface area contributed by atoms with Gasteiger partial charge in [-0.25, -0.2) is 10.8 Å². The van der Waals surface area contributed by atoms with Crippen molar-refractivity contribution >= 4 is 5.82 Å². The van der Waals surface area contributed by atoms with E-state index in [0.717, 1.165) is 12.2 Å². The monoisotopic (exact) mass is 244 g/mol. The fourth-order valence-electron chi connectivity index (χ4n) is 1.58. The fourth-order valence-corrected chi connectivity index (χ4v) is 1.58. The summed E-state index contributed by atoms with van der Waals surface area (Å²) < 4.78 is 5.65. The number of aryl methyl sites for hydroxylation is 2. The van der Waals surface area contributed by atoms with Gasteiger partial charge >= 0.3 is 0 Å². The van der Waals surface area contributed by atoms with E-state index in [0.29, 0.717) is 17.5 Å². The van der Waals surface area contributed by atoms with Gasteiger partial charge in [0.05, 0.1) is 0 Å². The van der Waals surface area contributed by atoms with Gasteiger partial charge in [-0.1, -0.05) is 19.1 Å². The summed E-state index contributed by atoms with van der Waals surface area (Å²) in [4.78, 5) is 8.28. The molecular weight excluding hydrogens is 228 g/mol. The topological polar surface area (TPSA) is 73.1 Å². The molecular formula is C13H16N4O. The Hall–Kier alpha value is -2.14. The summed E-state index contributed by atoms with van der Waals surface area (Å²) in [6, 6.07) is 9.56. The number of hydrazine groups is 1. The van der Waals surface area contributed by atoms with Crippen molar-refractivity contribution in [3.8, 4) is 11.6 Å². The Morgan fingerprint density at radius 2 is 1.94 bits per heavy atom. The minimum atomic E-state index is 0.472. The average Bonchev–Trinajstić information content (AvgIpc) is 2.39. The quantitative estimate of drug-likeness (QED) is 0.638. The molecule has 3 N–H and O–H groups in total. The van der Waals surface area contributed by atoms with Gasteiger partial charge in [0.15, 0.2) is 0 Å². The maximum absolute atomic E-state index is 5.65. The summed E-state index contributed by atoms with van der Waals surface area (Å²) in [6.07, 6.45) is 1.01. The standard InChI is InChI=1S/C13H16N4O/c1-3-10-4-6-11(7-5-10)18-13-8-12(17-14)15-9(2)16-13/h4-8H,3,14H2,1-2H3,(H,15,16,17). The number of hydrogen-bond donors (Lipinski definition) is 2. The number of nitrogens with zero attached hydrogens (tertiary/aromatic N) is 2. The van der Waals surface area contributed by atoms with Crippen LogP contribution in [0, 0.1) is 6.92 Å². The number of nitrogen functional groups attached to an aromatic ring is 1. The van der Waals surface area contributed by atoms with Gasteiger partial charge in [0.1, 0.15) is 17.4 Å². The molecule has 1 aromatic heterocycles. The van der Waals surface area contributed by atoms with E-state index in [9.17, 15) is 0 Å². The first kappa shape index (κ1) is 12.3. The van der Waals surface area contributed by atoms with E-state index in [4.69, 9.17) is 10.6 Å². The highest BCUT2D eigenvalue weighted by Crippen LogP contribution is 2.21. The first-order chi connectivity index (χ1) is 8.71. The Balaban J connectivity index is 2.19. The number of hydrogen-bond acceptors (Lipinski definition) is 5. The summed E-state index contributed by atoms with van der Waals surface area (Å²) >= 11 is 0. The third-order valence-electron chi connectivity index (χ3n) is 2.52. The number of benzene rings is 1. The van der Waals surface area contributed by atoms with E-state index >= 15 is 0 Å². The molecule has 0 unspecified atom stereocenters. The van der Waals surface area contributed by atoms with Crippen LogP contribution in [-0.4, -0.2) is 9.97 Å². The van der Waals surface area contributed by atoms with Gasteiger partial charge in [0.25, 0.3) is 0 Å². The number of aromatic nitrogens is 2. The van der Waals surface area contributed by atoms with Crippen LogP contribution < -0.4 is 16.0 Å². The van der Waals surface area contributed by atoms with E-state index in [-0.39, 0.29) is 0 Å². The average molecular weight is 244 g/mol. The van der Waals surface area contributed by atoms with Gasteiger partial charge in [-0.15, -0.1) is 0 Å². The molecule has 18 heavy (non-hydrogen) atoms. The summed E-state index contributed by atoms with van der Waals surface area (Å²) in [5.41, 5.74) is 3.75. The molecule has 5 nitrogen and oxygen atoms in total. The highest BCUT2D eigenvalue weighted by atomic mass is 16.5. The number of rotatable bonds is 4. The van der Waals surface area contributed by atoms with Crippen molar-refractivity contribution in [2.45, 2.75) is 20.3 Å². The lowest BCUT2D eigenvalue weighted by Crippen LogP contribution is -2.09. The Morgan fingerprint density at radius 3 is 2.56 bits per heavy atom. The molecule has 0 aliphatic carbocycles. The molecule has 2 rings (SSSR count). The van der Waals surface area contributed by atoms with Gasteiger partial charge in [0.2, 0.25) is 5.88 Å². The molecule has 0 amide bonds. The zero-order chi connectivity index (χ0) is 13.0. The fraction of sp³-hybridized carbons (Fsp3) is 0.231. The zero-order valence-electron chi connectivity index (χ0n) is 10.5. The van der Waals surface area contributed by atoms with Gasteiger partial charge in [-0.3, -0.25) is 0 Å². The van der Waals surface area contributed by atoms with E-state index in [1.807, 2.05) is 24.3 Å². The van der Waals surface area contributed by atoms with Crippen molar-refractivity contribution in [1.29, 1.82) is 0 Å². The predicted octanol–water partition coefficient (Wildman–Crippen LogP) is 2.43. The number of nitrogens with one attached hydrogen (secondary N) is 1. The second-order valence-corrected chi connectivity index (χ2v) is 3.88. The highest BCUT2D eigenvalue weighted by Gasteiger charge is 2.03. The van der Waals surface area contributed by atoms with Crippen molar-refractivity contribution in [2.75, 3.05) is 5.43 Å². The Bertz CT molecular complexity index is 525. The van der Waals surface area contributed by atoms with Crippen molar-refractivity contribution in [3.63, 3.8) is 0 Å². The van der Waals surface area contributed by atoms with Crippen LogP contribution in [0.3, 0.4) is 0 Å². The Labute approximate surface area is 106 Å². The molecule has 0 radical (unpaired) electrons.